The fourth-order valence-corrected chi connectivity index (χ4v) is 3.51. The van der Waals surface area contributed by atoms with E-state index in [0.717, 1.165) is 4.73 Å². The van der Waals surface area contributed by atoms with Crippen LogP contribution < -0.4 is 0 Å². The normalized spacial score (nSPS) is 20.6. The molecule has 0 N–H and O–H groups in total. The lowest BCUT2D eigenvalue weighted by Crippen LogP contribution is -1.98. The Morgan fingerprint density at radius 1 is 1.00 bits per heavy atom. The van der Waals surface area contributed by atoms with Gasteiger partial charge in [0.15, 0.2) is 0 Å². The summed E-state index contributed by atoms with van der Waals surface area (Å²) in [7, 11) is 0. The van der Waals surface area contributed by atoms with Crippen molar-refractivity contribution in [2.45, 2.75) is 57.3 Å². The highest BCUT2D eigenvalue weighted by Gasteiger charge is 2.16. The summed E-state index contributed by atoms with van der Waals surface area (Å²) < 4.78 is 4.98. The van der Waals surface area contributed by atoms with E-state index in [-0.39, 0.29) is 0 Å². The van der Waals surface area contributed by atoms with Gasteiger partial charge in [-0.1, -0.05) is 38.5 Å². The molecule has 1 aromatic heterocycles. The summed E-state index contributed by atoms with van der Waals surface area (Å²) in [4.78, 5) is 4.46. The maximum absolute atomic E-state index is 4.46. The predicted octanol–water partition coefficient (Wildman–Crippen LogP) is 4.52. The molecule has 1 fully saturated rings. The Morgan fingerprint density at radius 3 is 2.13 bits per heavy atom. The third-order valence-corrected chi connectivity index (χ3v) is 4.59. The minimum Gasteiger partial charge on any atom is -0.214 e. The van der Waals surface area contributed by atoms with Gasteiger partial charge in [-0.05, 0) is 40.3 Å². The van der Waals surface area contributed by atoms with Crippen LogP contribution in [0.4, 0.5) is 0 Å². The summed E-state index contributed by atoms with van der Waals surface area (Å²) in [5.74, 6) is 0.673. The predicted molar refractivity (Wildman–Crippen MR) is 67.3 cm³/mol. The van der Waals surface area contributed by atoms with E-state index in [1.165, 1.54) is 56.4 Å². The van der Waals surface area contributed by atoms with Crippen LogP contribution in [0.1, 0.15) is 62.3 Å². The molecule has 1 aliphatic carbocycles. The molecule has 0 spiro atoms. The summed E-state index contributed by atoms with van der Waals surface area (Å²) >= 11 is 4.91. The Hall–Kier alpha value is 0.0400. The monoisotopic (exact) mass is 288 g/mol. The first-order valence-corrected chi connectivity index (χ1v) is 7.42. The average molecular weight is 289 g/mol. The van der Waals surface area contributed by atoms with Gasteiger partial charge in [-0.2, -0.15) is 4.37 Å². The van der Waals surface area contributed by atoms with E-state index in [1.807, 2.05) is 0 Å². The van der Waals surface area contributed by atoms with Gasteiger partial charge in [-0.15, -0.1) is 0 Å². The number of aromatic nitrogens is 2. The molecule has 1 saturated carbocycles. The maximum Gasteiger partial charge on any atom is 0.209 e. The number of hydrogen-bond acceptors (Lipinski definition) is 3. The summed E-state index contributed by atoms with van der Waals surface area (Å²) in [5, 5.41) is 1.24. The number of halogens is 1. The first-order chi connectivity index (χ1) is 7.36. The van der Waals surface area contributed by atoms with Gasteiger partial charge < -0.3 is 0 Å². The Morgan fingerprint density at radius 2 is 1.60 bits per heavy atom. The Balaban J connectivity index is 1.98. The molecule has 0 unspecified atom stereocenters. The standard InChI is InChI=1S/C11H17BrN2S/c12-11-13-10(15-14-11)9-7-5-3-1-2-4-6-8-9/h9H,1-8H2. The van der Waals surface area contributed by atoms with Crippen molar-refractivity contribution in [3.63, 3.8) is 0 Å². The molecule has 0 saturated heterocycles. The summed E-state index contributed by atoms with van der Waals surface area (Å²) in [6.07, 6.45) is 11.0. The van der Waals surface area contributed by atoms with Gasteiger partial charge in [0, 0.05) is 5.92 Å². The van der Waals surface area contributed by atoms with Crippen LogP contribution in [0.5, 0.6) is 0 Å². The van der Waals surface area contributed by atoms with Crippen molar-refractivity contribution in [2.24, 2.45) is 0 Å². The van der Waals surface area contributed by atoms with E-state index in [4.69, 9.17) is 0 Å². The smallest absolute Gasteiger partial charge is 0.209 e. The van der Waals surface area contributed by atoms with E-state index in [1.54, 1.807) is 11.5 Å². The highest BCUT2D eigenvalue weighted by atomic mass is 79.9. The Labute approximate surface area is 104 Å². The van der Waals surface area contributed by atoms with Crippen LogP contribution in [0.2, 0.25) is 0 Å². The summed E-state index contributed by atoms with van der Waals surface area (Å²) in [6.45, 7) is 0. The number of nitrogens with zero attached hydrogens (tertiary/aromatic N) is 2. The molecule has 0 atom stereocenters. The minimum atomic E-state index is 0.673. The molecule has 2 rings (SSSR count). The van der Waals surface area contributed by atoms with E-state index in [0.29, 0.717) is 5.92 Å². The van der Waals surface area contributed by atoms with Gasteiger partial charge in [-0.25, -0.2) is 4.98 Å². The fourth-order valence-electron chi connectivity index (χ4n) is 2.26. The number of hydrogen-bond donors (Lipinski definition) is 0. The van der Waals surface area contributed by atoms with Gasteiger partial charge in [-0.3, -0.25) is 0 Å². The maximum atomic E-state index is 4.46. The molecular formula is C11H17BrN2S. The van der Waals surface area contributed by atoms with Crippen molar-refractivity contribution in [1.82, 2.24) is 9.36 Å². The van der Waals surface area contributed by atoms with Crippen molar-refractivity contribution in [2.75, 3.05) is 0 Å². The van der Waals surface area contributed by atoms with Crippen molar-refractivity contribution in [3.8, 4) is 0 Å². The fraction of sp³-hybridized carbons (Fsp3) is 0.818. The molecule has 1 aliphatic rings. The van der Waals surface area contributed by atoms with Crippen LogP contribution in [0.3, 0.4) is 0 Å². The molecule has 1 aromatic rings. The van der Waals surface area contributed by atoms with E-state index in [9.17, 15) is 0 Å². The lowest BCUT2D eigenvalue weighted by atomic mass is 9.98. The molecule has 15 heavy (non-hydrogen) atoms. The van der Waals surface area contributed by atoms with Crippen molar-refractivity contribution < 1.29 is 0 Å². The minimum absolute atomic E-state index is 0.673. The molecule has 0 amide bonds. The van der Waals surface area contributed by atoms with Crippen molar-refractivity contribution >= 4 is 27.5 Å². The zero-order chi connectivity index (χ0) is 10.5. The van der Waals surface area contributed by atoms with Gasteiger partial charge in [0.1, 0.15) is 5.01 Å². The van der Waals surface area contributed by atoms with Gasteiger partial charge in [0.25, 0.3) is 0 Å². The lowest BCUT2D eigenvalue weighted by molar-refractivity contribution is 0.537. The second-order valence-electron chi connectivity index (χ2n) is 4.30. The first-order valence-electron chi connectivity index (χ1n) is 5.85. The third kappa shape index (κ3) is 3.52. The van der Waals surface area contributed by atoms with Gasteiger partial charge in [0.05, 0.1) is 0 Å². The molecule has 2 nitrogen and oxygen atoms in total. The van der Waals surface area contributed by atoms with E-state index >= 15 is 0 Å². The quantitative estimate of drug-likeness (QED) is 0.759. The molecule has 0 radical (unpaired) electrons. The van der Waals surface area contributed by atoms with Crippen LogP contribution in [0.15, 0.2) is 4.73 Å². The van der Waals surface area contributed by atoms with E-state index < -0.39 is 0 Å². The van der Waals surface area contributed by atoms with Crippen LogP contribution in [-0.2, 0) is 0 Å². The zero-order valence-electron chi connectivity index (χ0n) is 8.91. The first kappa shape index (κ1) is 11.5. The third-order valence-electron chi connectivity index (χ3n) is 3.12. The summed E-state index contributed by atoms with van der Waals surface area (Å²) in [5.41, 5.74) is 0. The van der Waals surface area contributed by atoms with E-state index in [2.05, 4.69) is 25.3 Å². The molecule has 0 aromatic carbocycles. The van der Waals surface area contributed by atoms with Gasteiger partial charge >= 0.3 is 0 Å². The Kier molecular flexibility index (Phi) is 4.57. The second-order valence-corrected chi connectivity index (χ2v) is 5.79. The van der Waals surface area contributed by atoms with Crippen LogP contribution in [0.25, 0.3) is 0 Å². The van der Waals surface area contributed by atoms with Crippen LogP contribution >= 0.6 is 27.5 Å². The molecular weight excluding hydrogens is 272 g/mol. The topological polar surface area (TPSA) is 25.8 Å². The molecule has 4 heteroatoms. The average Bonchev–Trinajstić information content (AvgIpc) is 2.69. The van der Waals surface area contributed by atoms with Crippen molar-refractivity contribution in [1.29, 1.82) is 0 Å². The number of rotatable bonds is 1. The van der Waals surface area contributed by atoms with Crippen LogP contribution in [0, 0.1) is 0 Å². The second kappa shape index (κ2) is 5.94. The van der Waals surface area contributed by atoms with Crippen molar-refractivity contribution in [3.05, 3.63) is 9.74 Å². The highest BCUT2D eigenvalue weighted by molar-refractivity contribution is 9.10. The zero-order valence-corrected chi connectivity index (χ0v) is 11.3. The molecule has 1 heterocycles. The SMILES string of the molecule is Brc1nsc(C2CCCCCCCC2)n1. The van der Waals surface area contributed by atoms with Gasteiger partial charge in [0.2, 0.25) is 4.73 Å². The lowest BCUT2D eigenvalue weighted by Gasteiger charge is -2.11. The van der Waals surface area contributed by atoms with Crippen LogP contribution in [-0.4, -0.2) is 9.36 Å². The molecule has 0 aliphatic heterocycles. The largest absolute Gasteiger partial charge is 0.214 e. The molecule has 0 bridgehead atoms. The highest BCUT2D eigenvalue weighted by Crippen LogP contribution is 2.31. The summed E-state index contributed by atoms with van der Waals surface area (Å²) in [6, 6.07) is 0. The molecule has 84 valence electrons. The Bertz CT molecular complexity index is 291.